The molecule has 0 saturated carbocycles. The van der Waals surface area contributed by atoms with Gasteiger partial charge in [0.2, 0.25) is 0 Å². The fraction of sp³-hybridized carbons (Fsp3) is 0.286. The van der Waals surface area contributed by atoms with Gasteiger partial charge in [0.05, 0.1) is 11.3 Å². The Bertz CT molecular complexity index is 1280. The zero-order chi connectivity index (χ0) is 24.7. The zero-order valence-corrected chi connectivity index (χ0v) is 19.2. The number of nitrogens with zero attached hydrogens (tertiary/aromatic N) is 3. The summed E-state index contributed by atoms with van der Waals surface area (Å²) in [5.41, 5.74) is 0.913. The molecule has 182 valence electrons. The second-order valence-electron chi connectivity index (χ2n) is 7.80. The number of halogens is 5. The average molecular weight is 519 g/mol. The maximum atomic E-state index is 13.5. The number of ether oxygens (including phenoxy) is 1. The Hall–Kier alpha value is -2.83. The molecule has 1 aromatic heterocycles. The van der Waals surface area contributed by atoms with Crippen LogP contribution in [0.1, 0.15) is 11.5 Å². The summed E-state index contributed by atoms with van der Waals surface area (Å²) in [7, 11) is -2.30. The standard InChI is InChI=1S/C21H19ClF4N4O3S/c1-29-11-20(27-12-29)34(31,32)30-9-16(13-2-4-14(23)5-3-13)18(10-30)28-15-6-7-17(22)19(8-15)33-21(24,25)26/h2-8,11-12,16,18,28H,9-10H2,1H3/t16-,18+/m1/s1. The summed E-state index contributed by atoms with van der Waals surface area (Å²) in [4.78, 5) is 3.93. The fourth-order valence-corrected chi connectivity index (χ4v) is 5.44. The highest BCUT2D eigenvalue weighted by Crippen LogP contribution is 2.36. The first-order chi connectivity index (χ1) is 15.9. The first-order valence-electron chi connectivity index (χ1n) is 9.98. The Morgan fingerprint density at radius 2 is 1.85 bits per heavy atom. The highest BCUT2D eigenvalue weighted by molar-refractivity contribution is 7.89. The molecule has 3 aromatic rings. The van der Waals surface area contributed by atoms with E-state index in [-0.39, 0.29) is 28.8 Å². The summed E-state index contributed by atoms with van der Waals surface area (Å²) in [5, 5.41) is 2.73. The average Bonchev–Trinajstić information content (AvgIpc) is 3.37. The number of benzene rings is 2. The lowest BCUT2D eigenvalue weighted by atomic mass is 9.94. The highest BCUT2D eigenvalue weighted by Gasteiger charge is 2.41. The van der Waals surface area contributed by atoms with E-state index in [2.05, 4.69) is 15.0 Å². The lowest BCUT2D eigenvalue weighted by molar-refractivity contribution is -0.274. The maximum absolute atomic E-state index is 13.5. The van der Waals surface area contributed by atoms with Crippen molar-refractivity contribution in [3.05, 3.63) is 71.4 Å². The number of aryl methyl sites for hydroxylation is 1. The zero-order valence-electron chi connectivity index (χ0n) is 17.6. The van der Waals surface area contributed by atoms with Gasteiger partial charge in [-0.2, -0.15) is 4.31 Å². The van der Waals surface area contributed by atoms with Crippen molar-refractivity contribution in [2.45, 2.75) is 23.3 Å². The van der Waals surface area contributed by atoms with E-state index in [9.17, 15) is 26.0 Å². The molecule has 0 bridgehead atoms. The van der Waals surface area contributed by atoms with E-state index in [4.69, 9.17) is 11.6 Å². The SMILES string of the molecule is Cn1cnc(S(=O)(=O)N2C[C@H](Nc3ccc(Cl)c(OC(F)(F)F)c3)[C@@H](c3ccc(F)cc3)C2)c1. The molecule has 13 heteroatoms. The molecule has 0 amide bonds. The Balaban J connectivity index is 1.65. The van der Waals surface area contributed by atoms with Crippen LogP contribution in [-0.2, 0) is 17.1 Å². The molecular weight excluding hydrogens is 500 g/mol. The predicted molar refractivity (Wildman–Crippen MR) is 117 cm³/mol. The molecule has 1 aliphatic rings. The Morgan fingerprint density at radius 1 is 1.15 bits per heavy atom. The van der Waals surface area contributed by atoms with E-state index in [0.717, 1.165) is 6.07 Å². The van der Waals surface area contributed by atoms with Crippen molar-refractivity contribution >= 4 is 27.3 Å². The van der Waals surface area contributed by atoms with Crippen LogP contribution in [0.2, 0.25) is 5.02 Å². The van der Waals surface area contributed by atoms with Crippen molar-refractivity contribution in [2.24, 2.45) is 7.05 Å². The van der Waals surface area contributed by atoms with E-state index in [1.165, 1.54) is 45.7 Å². The maximum Gasteiger partial charge on any atom is 0.573 e. The largest absolute Gasteiger partial charge is 0.573 e. The van der Waals surface area contributed by atoms with Crippen molar-refractivity contribution in [3.8, 4) is 5.75 Å². The minimum atomic E-state index is -4.93. The number of aromatic nitrogens is 2. The first kappa shape index (κ1) is 24.3. The molecular formula is C21H19ClF4N4O3S. The van der Waals surface area contributed by atoms with Crippen LogP contribution in [0.4, 0.5) is 23.2 Å². The normalized spacial score (nSPS) is 19.4. The monoisotopic (exact) mass is 518 g/mol. The van der Waals surface area contributed by atoms with Crippen molar-refractivity contribution in [1.29, 1.82) is 0 Å². The molecule has 0 spiro atoms. The number of hydrogen-bond acceptors (Lipinski definition) is 5. The summed E-state index contributed by atoms with van der Waals surface area (Å²) >= 11 is 5.83. The van der Waals surface area contributed by atoms with Gasteiger partial charge in [-0.3, -0.25) is 0 Å². The predicted octanol–water partition coefficient (Wildman–Crippen LogP) is 4.38. The summed E-state index contributed by atoms with van der Waals surface area (Å²) in [5.74, 6) is -1.47. The lowest BCUT2D eigenvalue weighted by Gasteiger charge is -2.22. The molecule has 0 unspecified atom stereocenters. The molecule has 34 heavy (non-hydrogen) atoms. The first-order valence-corrected chi connectivity index (χ1v) is 11.8. The molecule has 1 aliphatic heterocycles. The highest BCUT2D eigenvalue weighted by atomic mass is 35.5. The Kier molecular flexibility index (Phi) is 6.49. The molecule has 1 fully saturated rings. The lowest BCUT2D eigenvalue weighted by Crippen LogP contribution is -2.32. The van der Waals surface area contributed by atoms with E-state index in [0.29, 0.717) is 5.56 Å². The second-order valence-corrected chi connectivity index (χ2v) is 10.1. The quantitative estimate of drug-likeness (QED) is 0.490. The molecule has 2 aromatic carbocycles. The summed E-state index contributed by atoms with van der Waals surface area (Å²) in [6, 6.07) is 8.87. The topological polar surface area (TPSA) is 76.5 Å². The number of anilines is 1. The van der Waals surface area contributed by atoms with Gasteiger partial charge in [-0.15, -0.1) is 13.2 Å². The molecule has 0 radical (unpaired) electrons. The number of hydrogen-bond donors (Lipinski definition) is 1. The molecule has 1 saturated heterocycles. The number of alkyl halides is 3. The van der Waals surface area contributed by atoms with Gasteiger partial charge in [0.15, 0.2) is 5.03 Å². The van der Waals surface area contributed by atoms with Crippen LogP contribution in [-0.4, -0.2) is 47.8 Å². The van der Waals surface area contributed by atoms with E-state index >= 15 is 0 Å². The summed E-state index contributed by atoms with van der Waals surface area (Å²) in [6.07, 6.45) is -2.19. The Morgan fingerprint density at radius 3 is 2.47 bits per heavy atom. The minimum absolute atomic E-state index is 0.000954. The van der Waals surface area contributed by atoms with Crippen LogP contribution in [0.15, 0.2) is 60.0 Å². The third-order valence-corrected chi connectivity index (χ3v) is 7.41. The van der Waals surface area contributed by atoms with Crippen LogP contribution >= 0.6 is 11.6 Å². The van der Waals surface area contributed by atoms with Gasteiger partial charge in [-0.1, -0.05) is 23.7 Å². The number of rotatable bonds is 6. The van der Waals surface area contributed by atoms with Crippen LogP contribution in [0.5, 0.6) is 5.75 Å². The molecule has 2 atom stereocenters. The Labute approximate surface area is 198 Å². The number of nitrogens with one attached hydrogen (secondary N) is 1. The van der Waals surface area contributed by atoms with Crippen molar-refractivity contribution in [1.82, 2.24) is 13.9 Å². The van der Waals surface area contributed by atoms with Gasteiger partial charge in [0, 0.05) is 50.0 Å². The van der Waals surface area contributed by atoms with Gasteiger partial charge in [0.25, 0.3) is 10.0 Å². The van der Waals surface area contributed by atoms with Gasteiger partial charge in [-0.05, 0) is 29.8 Å². The number of sulfonamides is 1. The van der Waals surface area contributed by atoms with E-state index in [1.807, 2.05) is 0 Å². The molecule has 0 aliphatic carbocycles. The van der Waals surface area contributed by atoms with Crippen LogP contribution < -0.4 is 10.1 Å². The van der Waals surface area contributed by atoms with Gasteiger partial charge >= 0.3 is 6.36 Å². The second kappa shape index (κ2) is 9.08. The van der Waals surface area contributed by atoms with Crippen LogP contribution in [0, 0.1) is 5.82 Å². The van der Waals surface area contributed by atoms with Crippen molar-refractivity contribution in [2.75, 3.05) is 18.4 Å². The molecule has 2 heterocycles. The third-order valence-electron chi connectivity index (χ3n) is 5.38. The number of imidazole rings is 1. The smallest absolute Gasteiger partial charge is 0.404 e. The van der Waals surface area contributed by atoms with Crippen LogP contribution in [0.25, 0.3) is 0 Å². The minimum Gasteiger partial charge on any atom is -0.404 e. The fourth-order valence-electron chi connectivity index (χ4n) is 3.82. The van der Waals surface area contributed by atoms with Crippen molar-refractivity contribution < 1.29 is 30.7 Å². The van der Waals surface area contributed by atoms with Gasteiger partial charge in [0.1, 0.15) is 11.6 Å². The summed E-state index contributed by atoms with van der Waals surface area (Å²) in [6.45, 7) is 0.0563. The van der Waals surface area contributed by atoms with Gasteiger partial charge < -0.3 is 14.6 Å². The van der Waals surface area contributed by atoms with Crippen LogP contribution in [0.3, 0.4) is 0 Å². The summed E-state index contributed by atoms with van der Waals surface area (Å²) < 4.78 is 84.6. The van der Waals surface area contributed by atoms with Crippen molar-refractivity contribution in [3.63, 3.8) is 0 Å². The van der Waals surface area contributed by atoms with E-state index < -0.39 is 39.9 Å². The molecule has 4 rings (SSSR count). The molecule has 1 N–H and O–H groups in total. The molecule has 7 nitrogen and oxygen atoms in total. The van der Waals surface area contributed by atoms with E-state index in [1.54, 1.807) is 19.2 Å². The van der Waals surface area contributed by atoms with Gasteiger partial charge in [-0.25, -0.2) is 17.8 Å². The third kappa shape index (κ3) is 5.29.